The van der Waals surface area contributed by atoms with Crippen molar-refractivity contribution in [2.24, 2.45) is 5.92 Å². The quantitative estimate of drug-likeness (QED) is 0.685. The predicted molar refractivity (Wildman–Crippen MR) is 93.5 cm³/mol. The largest absolute Gasteiger partial charge is 0.383 e. The first-order valence-electron chi connectivity index (χ1n) is 7.60. The molecule has 4 nitrogen and oxygen atoms in total. The van der Waals surface area contributed by atoms with Crippen molar-refractivity contribution in [3.8, 4) is 0 Å². The summed E-state index contributed by atoms with van der Waals surface area (Å²) < 4.78 is 4.92. The van der Waals surface area contributed by atoms with Crippen LogP contribution in [0.2, 0.25) is 0 Å². The van der Waals surface area contributed by atoms with Gasteiger partial charge in [0, 0.05) is 13.7 Å². The van der Waals surface area contributed by atoms with E-state index in [0.717, 1.165) is 12.0 Å². The zero-order valence-electron chi connectivity index (χ0n) is 14.0. The normalized spacial score (nSPS) is 11.9. The molecule has 126 valence electrons. The Balaban J connectivity index is 0.00000441. The summed E-state index contributed by atoms with van der Waals surface area (Å²) in [7, 11) is 1.65. The first-order chi connectivity index (χ1) is 10.0. The van der Waals surface area contributed by atoms with Crippen LogP contribution in [0.1, 0.15) is 37.9 Å². The van der Waals surface area contributed by atoms with Crippen molar-refractivity contribution < 1.29 is 9.53 Å². The fraction of sp³-hybridized carbons (Fsp3) is 0.588. The monoisotopic (exact) mass is 328 g/mol. The molecule has 2 N–H and O–H groups in total. The lowest BCUT2D eigenvalue weighted by Gasteiger charge is -2.15. The highest BCUT2D eigenvalue weighted by Gasteiger charge is 2.09. The van der Waals surface area contributed by atoms with E-state index in [0.29, 0.717) is 25.6 Å². The van der Waals surface area contributed by atoms with Gasteiger partial charge in [0.2, 0.25) is 5.91 Å². The van der Waals surface area contributed by atoms with Crippen molar-refractivity contribution in [2.45, 2.75) is 33.2 Å². The number of halogens is 1. The second-order valence-corrected chi connectivity index (χ2v) is 5.80. The van der Waals surface area contributed by atoms with Gasteiger partial charge in [0.25, 0.3) is 0 Å². The van der Waals surface area contributed by atoms with E-state index in [1.165, 1.54) is 5.56 Å². The number of benzene rings is 1. The fourth-order valence-electron chi connectivity index (χ4n) is 2.17. The number of amides is 1. The molecule has 0 aliphatic heterocycles. The van der Waals surface area contributed by atoms with Gasteiger partial charge < -0.3 is 15.4 Å². The second-order valence-electron chi connectivity index (χ2n) is 5.80. The second kappa shape index (κ2) is 11.5. The van der Waals surface area contributed by atoms with Crippen LogP contribution >= 0.6 is 12.4 Å². The third-order valence-corrected chi connectivity index (χ3v) is 3.27. The molecule has 0 saturated carbocycles. The van der Waals surface area contributed by atoms with Gasteiger partial charge in [-0.05, 0) is 30.4 Å². The van der Waals surface area contributed by atoms with E-state index in [9.17, 15) is 4.79 Å². The lowest BCUT2D eigenvalue weighted by molar-refractivity contribution is -0.120. The van der Waals surface area contributed by atoms with E-state index in [-0.39, 0.29) is 24.4 Å². The molecule has 0 spiro atoms. The van der Waals surface area contributed by atoms with Crippen LogP contribution in [0, 0.1) is 5.92 Å². The average molecular weight is 329 g/mol. The highest BCUT2D eigenvalue weighted by Crippen LogP contribution is 2.15. The van der Waals surface area contributed by atoms with Crippen LogP contribution in [0.15, 0.2) is 24.3 Å². The summed E-state index contributed by atoms with van der Waals surface area (Å²) in [5, 5.41) is 6.03. The number of carbonyl (C=O) groups is 1. The van der Waals surface area contributed by atoms with Crippen molar-refractivity contribution in [3.63, 3.8) is 0 Å². The Morgan fingerprint density at radius 2 is 1.82 bits per heavy atom. The molecular formula is C17H29ClN2O2. The molecule has 0 saturated heterocycles. The molecular weight excluding hydrogens is 300 g/mol. The summed E-state index contributed by atoms with van der Waals surface area (Å²) in [6.45, 7) is 8.05. The van der Waals surface area contributed by atoms with E-state index in [2.05, 4.69) is 48.7 Å². The van der Waals surface area contributed by atoms with Crippen molar-refractivity contribution in [1.29, 1.82) is 0 Å². The molecule has 1 rings (SSSR count). The van der Waals surface area contributed by atoms with Gasteiger partial charge in [0.1, 0.15) is 0 Å². The van der Waals surface area contributed by atoms with Crippen LogP contribution in [0.3, 0.4) is 0 Å². The van der Waals surface area contributed by atoms with Crippen molar-refractivity contribution >= 4 is 18.3 Å². The van der Waals surface area contributed by atoms with E-state index in [1.54, 1.807) is 7.11 Å². The van der Waals surface area contributed by atoms with Gasteiger partial charge in [0.05, 0.1) is 19.2 Å². The summed E-state index contributed by atoms with van der Waals surface area (Å²) >= 11 is 0. The van der Waals surface area contributed by atoms with Gasteiger partial charge in [-0.1, -0.05) is 38.1 Å². The van der Waals surface area contributed by atoms with Crippen LogP contribution in [0.4, 0.5) is 0 Å². The topological polar surface area (TPSA) is 50.4 Å². The van der Waals surface area contributed by atoms with Crippen LogP contribution in [0.25, 0.3) is 0 Å². The smallest absolute Gasteiger partial charge is 0.234 e. The van der Waals surface area contributed by atoms with E-state index >= 15 is 0 Å². The maximum atomic E-state index is 11.8. The molecule has 0 aromatic heterocycles. The number of ether oxygens (including phenoxy) is 1. The molecule has 1 aromatic carbocycles. The molecule has 5 heteroatoms. The molecule has 22 heavy (non-hydrogen) atoms. The third-order valence-electron chi connectivity index (χ3n) is 3.27. The summed E-state index contributed by atoms with van der Waals surface area (Å²) in [6.07, 6.45) is 1.09. The first kappa shape index (κ1) is 20.9. The zero-order chi connectivity index (χ0) is 15.7. The van der Waals surface area contributed by atoms with Crippen molar-refractivity contribution in [2.75, 3.05) is 26.8 Å². The molecule has 0 aliphatic rings. The van der Waals surface area contributed by atoms with E-state index in [1.807, 2.05) is 6.92 Å². The minimum absolute atomic E-state index is 0. The van der Waals surface area contributed by atoms with Gasteiger partial charge in [-0.2, -0.15) is 0 Å². The Labute approximate surface area is 140 Å². The Kier molecular flexibility index (Phi) is 10.9. The molecule has 0 fully saturated rings. The Hall–Kier alpha value is -1.10. The Bertz CT molecular complexity index is 421. The van der Waals surface area contributed by atoms with Crippen LogP contribution < -0.4 is 10.6 Å². The fourth-order valence-corrected chi connectivity index (χ4v) is 2.17. The van der Waals surface area contributed by atoms with Crippen LogP contribution in [-0.2, 0) is 16.0 Å². The van der Waals surface area contributed by atoms with Crippen LogP contribution in [0.5, 0.6) is 0 Å². The predicted octanol–water partition coefficient (Wildman–Crippen LogP) is 2.72. The molecule has 1 amide bonds. The molecule has 0 aliphatic carbocycles. The molecule has 1 atom stereocenters. The highest BCUT2D eigenvalue weighted by atomic mass is 35.5. The summed E-state index contributed by atoms with van der Waals surface area (Å²) in [4.78, 5) is 11.8. The minimum atomic E-state index is 0. The standard InChI is InChI=1S/C17H28N2O2.ClH/c1-13(2)11-15-5-7-16(8-6-15)14(3)19-17(20)12-18-9-10-21-4;/h5-8,13-14,18H,9-12H2,1-4H3,(H,19,20);1H. The van der Waals surface area contributed by atoms with Gasteiger partial charge in [-0.3, -0.25) is 4.79 Å². The SMILES string of the molecule is COCCNCC(=O)NC(C)c1ccc(CC(C)C)cc1.Cl. The van der Waals surface area contributed by atoms with Crippen molar-refractivity contribution in [1.82, 2.24) is 10.6 Å². The maximum absolute atomic E-state index is 11.8. The molecule has 0 radical (unpaired) electrons. The first-order valence-corrected chi connectivity index (χ1v) is 7.60. The number of nitrogens with one attached hydrogen (secondary N) is 2. The summed E-state index contributed by atoms with van der Waals surface area (Å²) in [6, 6.07) is 8.51. The number of hydrogen-bond acceptors (Lipinski definition) is 3. The third kappa shape index (κ3) is 8.37. The zero-order valence-corrected chi connectivity index (χ0v) is 14.8. The summed E-state index contributed by atoms with van der Waals surface area (Å²) in [5.41, 5.74) is 2.47. The van der Waals surface area contributed by atoms with Crippen molar-refractivity contribution in [3.05, 3.63) is 35.4 Å². The van der Waals surface area contributed by atoms with E-state index in [4.69, 9.17) is 4.74 Å². The lowest BCUT2D eigenvalue weighted by Crippen LogP contribution is -2.36. The number of carbonyl (C=O) groups excluding carboxylic acids is 1. The molecule has 0 heterocycles. The Morgan fingerprint density at radius 3 is 2.36 bits per heavy atom. The number of rotatable bonds is 9. The number of hydrogen-bond donors (Lipinski definition) is 2. The Morgan fingerprint density at radius 1 is 1.18 bits per heavy atom. The average Bonchev–Trinajstić information content (AvgIpc) is 2.43. The van der Waals surface area contributed by atoms with Gasteiger partial charge >= 0.3 is 0 Å². The highest BCUT2D eigenvalue weighted by molar-refractivity contribution is 5.85. The lowest BCUT2D eigenvalue weighted by atomic mass is 10.00. The van der Waals surface area contributed by atoms with E-state index < -0.39 is 0 Å². The molecule has 0 bridgehead atoms. The van der Waals surface area contributed by atoms with Gasteiger partial charge in [-0.25, -0.2) is 0 Å². The number of methoxy groups -OCH3 is 1. The molecule has 1 aromatic rings. The summed E-state index contributed by atoms with van der Waals surface area (Å²) in [5.74, 6) is 0.663. The minimum Gasteiger partial charge on any atom is -0.383 e. The van der Waals surface area contributed by atoms with Gasteiger partial charge in [-0.15, -0.1) is 12.4 Å². The van der Waals surface area contributed by atoms with Gasteiger partial charge in [0.15, 0.2) is 0 Å². The molecule has 1 unspecified atom stereocenters. The maximum Gasteiger partial charge on any atom is 0.234 e. The van der Waals surface area contributed by atoms with Crippen LogP contribution in [-0.4, -0.2) is 32.7 Å².